The van der Waals surface area contributed by atoms with Crippen LogP contribution >= 0.6 is 0 Å². The van der Waals surface area contributed by atoms with Crippen LogP contribution in [-0.4, -0.2) is 38.3 Å². The molecule has 0 bridgehead atoms. The minimum atomic E-state index is -3.57. The molecule has 140 valence electrons. The quantitative estimate of drug-likeness (QED) is 0.891. The highest BCUT2D eigenvalue weighted by molar-refractivity contribution is 7.89. The van der Waals surface area contributed by atoms with E-state index in [4.69, 9.17) is 0 Å². The number of amides is 1. The summed E-state index contributed by atoms with van der Waals surface area (Å²) in [4.78, 5) is 12.8. The maximum atomic E-state index is 13.0. The molecule has 1 atom stereocenters. The molecule has 1 aliphatic rings. The first-order chi connectivity index (χ1) is 11.5. The van der Waals surface area contributed by atoms with E-state index < -0.39 is 10.0 Å². The maximum Gasteiger partial charge on any atom is 0.243 e. The van der Waals surface area contributed by atoms with E-state index in [2.05, 4.69) is 26.1 Å². The van der Waals surface area contributed by atoms with Gasteiger partial charge in [0.05, 0.1) is 10.8 Å². The summed E-state index contributed by atoms with van der Waals surface area (Å²) in [6.07, 6.45) is 1.44. The first kappa shape index (κ1) is 19.9. The van der Waals surface area contributed by atoms with Crippen LogP contribution in [0.4, 0.5) is 0 Å². The van der Waals surface area contributed by atoms with Crippen molar-refractivity contribution in [3.8, 4) is 0 Å². The number of carbonyl (C=O) groups is 1. The molecule has 1 unspecified atom stereocenters. The van der Waals surface area contributed by atoms with E-state index in [-0.39, 0.29) is 23.8 Å². The van der Waals surface area contributed by atoms with Gasteiger partial charge in [0.1, 0.15) is 0 Å². The molecular formula is C19H30N2O3S. The smallest absolute Gasteiger partial charge is 0.243 e. The van der Waals surface area contributed by atoms with E-state index in [9.17, 15) is 13.2 Å². The number of hydrogen-bond donors (Lipinski definition) is 1. The Morgan fingerprint density at radius 2 is 1.96 bits per heavy atom. The van der Waals surface area contributed by atoms with Crippen LogP contribution in [0.3, 0.4) is 0 Å². The van der Waals surface area contributed by atoms with E-state index in [1.165, 1.54) is 4.31 Å². The van der Waals surface area contributed by atoms with Gasteiger partial charge in [-0.2, -0.15) is 4.31 Å². The third-order valence-electron chi connectivity index (χ3n) is 4.51. The van der Waals surface area contributed by atoms with Gasteiger partial charge in [-0.1, -0.05) is 32.9 Å². The zero-order valence-electron chi connectivity index (χ0n) is 15.9. The van der Waals surface area contributed by atoms with Crippen LogP contribution in [0.5, 0.6) is 0 Å². The van der Waals surface area contributed by atoms with Crippen LogP contribution < -0.4 is 5.32 Å². The van der Waals surface area contributed by atoms with Gasteiger partial charge in [-0.3, -0.25) is 4.79 Å². The average Bonchev–Trinajstić information content (AvgIpc) is 2.54. The third kappa shape index (κ3) is 5.05. The van der Waals surface area contributed by atoms with Crippen LogP contribution in [0, 0.1) is 25.2 Å². The Bertz CT molecular complexity index is 736. The van der Waals surface area contributed by atoms with Gasteiger partial charge in [0.25, 0.3) is 0 Å². The summed E-state index contributed by atoms with van der Waals surface area (Å²) in [5.41, 5.74) is 1.67. The molecule has 0 radical (unpaired) electrons. The fraction of sp³-hybridized carbons (Fsp3) is 0.632. The van der Waals surface area contributed by atoms with Crippen molar-refractivity contribution in [2.75, 3.05) is 19.6 Å². The van der Waals surface area contributed by atoms with Crippen molar-refractivity contribution in [1.29, 1.82) is 0 Å². The normalized spacial score (nSPS) is 19.6. The largest absolute Gasteiger partial charge is 0.355 e. The van der Waals surface area contributed by atoms with Crippen molar-refractivity contribution in [2.24, 2.45) is 11.3 Å². The van der Waals surface area contributed by atoms with Crippen molar-refractivity contribution in [2.45, 2.75) is 52.4 Å². The van der Waals surface area contributed by atoms with Gasteiger partial charge >= 0.3 is 0 Å². The highest BCUT2D eigenvalue weighted by Crippen LogP contribution is 2.26. The lowest BCUT2D eigenvalue weighted by atomic mass is 9.95. The van der Waals surface area contributed by atoms with Gasteiger partial charge in [0.2, 0.25) is 15.9 Å². The maximum absolute atomic E-state index is 13.0. The van der Waals surface area contributed by atoms with Gasteiger partial charge < -0.3 is 5.32 Å². The minimum Gasteiger partial charge on any atom is -0.355 e. The predicted molar refractivity (Wildman–Crippen MR) is 99.9 cm³/mol. The van der Waals surface area contributed by atoms with Gasteiger partial charge in [0.15, 0.2) is 0 Å². The number of benzene rings is 1. The number of aryl methyl sites for hydroxylation is 2. The molecule has 1 amide bonds. The molecule has 1 heterocycles. The highest BCUT2D eigenvalue weighted by atomic mass is 32.2. The van der Waals surface area contributed by atoms with E-state index in [1.807, 2.05) is 26.0 Å². The molecule has 1 aliphatic heterocycles. The molecular weight excluding hydrogens is 336 g/mol. The van der Waals surface area contributed by atoms with Gasteiger partial charge in [0, 0.05) is 19.6 Å². The Morgan fingerprint density at radius 1 is 1.28 bits per heavy atom. The Hall–Kier alpha value is -1.40. The molecule has 2 rings (SSSR count). The van der Waals surface area contributed by atoms with E-state index in [0.29, 0.717) is 24.4 Å². The van der Waals surface area contributed by atoms with Crippen molar-refractivity contribution in [1.82, 2.24) is 9.62 Å². The van der Waals surface area contributed by atoms with E-state index in [0.717, 1.165) is 17.5 Å². The Morgan fingerprint density at radius 3 is 2.60 bits per heavy atom. The molecule has 6 heteroatoms. The van der Waals surface area contributed by atoms with Crippen LogP contribution in [-0.2, 0) is 14.8 Å². The molecule has 25 heavy (non-hydrogen) atoms. The zero-order chi connectivity index (χ0) is 18.8. The zero-order valence-corrected chi connectivity index (χ0v) is 16.7. The molecule has 1 aromatic carbocycles. The average molecular weight is 367 g/mol. The molecule has 5 nitrogen and oxygen atoms in total. The van der Waals surface area contributed by atoms with Crippen molar-refractivity contribution < 1.29 is 13.2 Å². The van der Waals surface area contributed by atoms with Gasteiger partial charge in [-0.05, 0) is 49.3 Å². The number of piperidine rings is 1. The summed E-state index contributed by atoms with van der Waals surface area (Å²) in [7, 11) is -3.57. The lowest BCUT2D eigenvalue weighted by Gasteiger charge is -2.32. The number of nitrogens with zero attached hydrogens (tertiary/aromatic N) is 1. The summed E-state index contributed by atoms with van der Waals surface area (Å²) >= 11 is 0. The second-order valence-electron chi connectivity index (χ2n) is 8.25. The topological polar surface area (TPSA) is 66.5 Å². The monoisotopic (exact) mass is 366 g/mol. The van der Waals surface area contributed by atoms with Crippen LogP contribution in [0.1, 0.15) is 44.7 Å². The van der Waals surface area contributed by atoms with E-state index in [1.54, 1.807) is 6.07 Å². The van der Waals surface area contributed by atoms with Crippen molar-refractivity contribution in [3.05, 3.63) is 29.3 Å². The molecule has 0 aromatic heterocycles. The summed E-state index contributed by atoms with van der Waals surface area (Å²) in [6, 6.07) is 5.46. The first-order valence-electron chi connectivity index (χ1n) is 8.86. The van der Waals surface area contributed by atoms with Gasteiger partial charge in [-0.15, -0.1) is 0 Å². The van der Waals surface area contributed by atoms with Crippen molar-refractivity contribution in [3.63, 3.8) is 0 Å². The molecule has 1 fully saturated rings. The van der Waals surface area contributed by atoms with Crippen LogP contribution in [0.15, 0.2) is 23.1 Å². The lowest BCUT2D eigenvalue weighted by Crippen LogP contribution is -2.46. The first-order valence-corrected chi connectivity index (χ1v) is 10.3. The van der Waals surface area contributed by atoms with E-state index >= 15 is 0 Å². The standard InChI is InChI=1S/C19H30N2O3S/c1-14-8-9-15(2)17(11-14)25(23,24)21-10-6-7-16(12-21)18(22)20-13-19(3,4)5/h8-9,11,16H,6-7,10,12-13H2,1-5H3,(H,20,22). The Kier molecular flexibility index (Phi) is 5.94. The molecule has 0 saturated carbocycles. The summed E-state index contributed by atoms with van der Waals surface area (Å²) in [5.74, 6) is -0.327. The number of sulfonamides is 1. The third-order valence-corrected chi connectivity index (χ3v) is 6.52. The predicted octanol–water partition coefficient (Wildman–Crippen LogP) is 2.87. The Labute approximate surface area is 151 Å². The fourth-order valence-corrected chi connectivity index (χ4v) is 4.83. The fourth-order valence-electron chi connectivity index (χ4n) is 3.00. The number of hydrogen-bond acceptors (Lipinski definition) is 3. The molecule has 0 spiro atoms. The lowest BCUT2D eigenvalue weighted by molar-refractivity contribution is -0.126. The molecule has 0 aliphatic carbocycles. The summed E-state index contributed by atoms with van der Waals surface area (Å²) in [6.45, 7) is 11.2. The molecule has 1 N–H and O–H groups in total. The summed E-state index contributed by atoms with van der Waals surface area (Å²) in [5, 5.41) is 2.96. The SMILES string of the molecule is Cc1ccc(C)c(S(=O)(=O)N2CCCC(C(=O)NCC(C)(C)C)C2)c1. The molecule has 1 saturated heterocycles. The van der Waals surface area contributed by atoms with Crippen LogP contribution in [0.25, 0.3) is 0 Å². The number of rotatable bonds is 4. The van der Waals surface area contributed by atoms with Gasteiger partial charge in [-0.25, -0.2) is 8.42 Å². The Balaban J connectivity index is 2.14. The minimum absolute atomic E-state index is 0.00870. The summed E-state index contributed by atoms with van der Waals surface area (Å²) < 4.78 is 27.6. The number of nitrogens with one attached hydrogen (secondary N) is 1. The second-order valence-corrected chi connectivity index (χ2v) is 10.2. The molecule has 1 aromatic rings. The van der Waals surface area contributed by atoms with Crippen molar-refractivity contribution >= 4 is 15.9 Å². The highest BCUT2D eigenvalue weighted by Gasteiger charge is 2.34. The van der Waals surface area contributed by atoms with Crippen LogP contribution in [0.2, 0.25) is 0 Å². The second kappa shape index (κ2) is 7.46. The number of carbonyl (C=O) groups excluding carboxylic acids is 1.